The Balaban J connectivity index is 1.20. The molecule has 0 bridgehead atoms. The first-order valence-corrected chi connectivity index (χ1v) is 17.0. The van der Waals surface area contributed by atoms with E-state index >= 15 is 0 Å². The minimum atomic E-state index is -4.07. The fraction of sp³-hybridized carbons (Fsp3) is 0.455. The van der Waals surface area contributed by atoms with Crippen molar-refractivity contribution < 1.29 is 46.7 Å². The van der Waals surface area contributed by atoms with Crippen molar-refractivity contribution in [3.05, 3.63) is 72.6 Å². The third-order valence-corrected chi connectivity index (χ3v) is 10.0. The van der Waals surface area contributed by atoms with Gasteiger partial charge >= 0.3 is 6.09 Å². The van der Waals surface area contributed by atoms with Gasteiger partial charge in [0.15, 0.2) is 17.8 Å². The molecule has 2 fully saturated rings. The van der Waals surface area contributed by atoms with E-state index in [1.807, 2.05) is 26.0 Å². The van der Waals surface area contributed by atoms with Gasteiger partial charge in [0, 0.05) is 25.4 Å². The van der Waals surface area contributed by atoms with E-state index < -0.39 is 40.7 Å². The summed E-state index contributed by atoms with van der Waals surface area (Å²) in [6, 6.07) is 14.3. The number of ether oxygens (including phenoxy) is 6. The summed E-state index contributed by atoms with van der Waals surface area (Å²) in [6.07, 6.45) is 1.22. The van der Waals surface area contributed by atoms with E-state index in [4.69, 9.17) is 28.4 Å². The number of aliphatic hydroxyl groups is 1. The summed E-state index contributed by atoms with van der Waals surface area (Å²) >= 11 is 0. The molecule has 5 atom stereocenters. The first kappa shape index (κ1) is 33.0. The molecule has 0 radical (unpaired) electrons. The summed E-state index contributed by atoms with van der Waals surface area (Å²) in [6.45, 7) is 4.38. The van der Waals surface area contributed by atoms with Crippen molar-refractivity contribution in [2.24, 2.45) is 11.8 Å². The van der Waals surface area contributed by atoms with Gasteiger partial charge in [0.05, 0.1) is 42.4 Å². The molecular formula is C33H39N3O10S. The number of pyridine rings is 1. The van der Waals surface area contributed by atoms with Gasteiger partial charge in [-0.1, -0.05) is 26.0 Å². The van der Waals surface area contributed by atoms with E-state index in [1.54, 1.807) is 42.7 Å². The lowest BCUT2D eigenvalue weighted by molar-refractivity contribution is -0.0907. The molecule has 6 rings (SSSR count). The summed E-state index contributed by atoms with van der Waals surface area (Å²) in [5, 5.41) is 14.4. The highest BCUT2D eigenvalue weighted by molar-refractivity contribution is 7.89. The average Bonchev–Trinajstić information content (AvgIpc) is 3.80. The molecule has 0 unspecified atom stereocenters. The first-order valence-electron chi connectivity index (χ1n) is 15.6. The van der Waals surface area contributed by atoms with Crippen LogP contribution >= 0.6 is 0 Å². The van der Waals surface area contributed by atoms with Crippen LogP contribution in [0.3, 0.4) is 0 Å². The van der Waals surface area contributed by atoms with E-state index in [1.165, 1.54) is 16.4 Å². The zero-order valence-electron chi connectivity index (χ0n) is 26.2. The number of carbonyl (C=O) groups excluding carboxylic acids is 1. The number of amides is 1. The Morgan fingerprint density at radius 1 is 1.06 bits per heavy atom. The van der Waals surface area contributed by atoms with Gasteiger partial charge in [-0.05, 0) is 60.7 Å². The quantitative estimate of drug-likeness (QED) is 0.274. The standard InChI is InChI=1S/C33H39N3O10S/c1-21(2)17-36(47(39,40)25-9-10-29-30(15-25)44-20-43-29)18-28(37)27(35-33(38)46-31-19-42-32-26(31)11-13-41-32)14-22-5-7-23(8-6-22)45-24-4-3-12-34-16-24/h3-10,12,15-16,21,26-28,31-32,37H,11,13-14,17-20H2,1-2H3,(H,35,38)/t26-,27-,28+,31-,32+/m0/s1. The van der Waals surface area contributed by atoms with Crippen LogP contribution in [0.15, 0.2) is 71.9 Å². The molecule has 1 amide bonds. The van der Waals surface area contributed by atoms with E-state index in [0.717, 1.165) is 5.56 Å². The largest absolute Gasteiger partial charge is 0.456 e. The second-order valence-corrected chi connectivity index (χ2v) is 14.1. The fourth-order valence-electron chi connectivity index (χ4n) is 5.85. The van der Waals surface area contributed by atoms with Crippen molar-refractivity contribution in [3.63, 3.8) is 0 Å². The summed E-state index contributed by atoms with van der Waals surface area (Å²) in [4.78, 5) is 17.3. The molecule has 3 aliphatic rings. The smallest absolute Gasteiger partial charge is 0.407 e. The molecule has 3 aromatic rings. The van der Waals surface area contributed by atoms with Crippen LogP contribution in [-0.4, -0.2) is 86.5 Å². The van der Waals surface area contributed by atoms with Gasteiger partial charge in [0.2, 0.25) is 16.8 Å². The number of benzene rings is 2. The van der Waals surface area contributed by atoms with E-state index in [9.17, 15) is 18.3 Å². The molecule has 14 heteroatoms. The van der Waals surface area contributed by atoms with Crippen LogP contribution in [0.5, 0.6) is 23.0 Å². The summed E-state index contributed by atoms with van der Waals surface area (Å²) in [5.74, 6) is 1.84. The second-order valence-electron chi connectivity index (χ2n) is 12.2. The number of nitrogens with one attached hydrogen (secondary N) is 1. The maximum Gasteiger partial charge on any atom is 0.407 e. The number of hydrogen-bond donors (Lipinski definition) is 2. The minimum Gasteiger partial charge on any atom is -0.456 e. The zero-order chi connectivity index (χ0) is 33.0. The number of nitrogens with zero attached hydrogens (tertiary/aromatic N) is 2. The molecule has 252 valence electrons. The van der Waals surface area contributed by atoms with Crippen LogP contribution in [0.25, 0.3) is 0 Å². The Morgan fingerprint density at radius 2 is 1.87 bits per heavy atom. The van der Waals surface area contributed by atoms with Crippen molar-refractivity contribution in [1.82, 2.24) is 14.6 Å². The Labute approximate surface area is 273 Å². The number of fused-ring (bicyclic) bond motifs is 2. The van der Waals surface area contributed by atoms with Gasteiger partial charge < -0.3 is 38.8 Å². The minimum absolute atomic E-state index is 0.00861. The van der Waals surface area contributed by atoms with Crippen molar-refractivity contribution in [1.29, 1.82) is 0 Å². The third-order valence-electron chi connectivity index (χ3n) is 8.20. The fourth-order valence-corrected chi connectivity index (χ4v) is 7.48. The number of hydrogen-bond acceptors (Lipinski definition) is 11. The topological polar surface area (TPSA) is 155 Å². The van der Waals surface area contributed by atoms with Gasteiger partial charge in [-0.25, -0.2) is 13.2 Å². The maximum absolute atomic E-state index is 13.9. The molecule has 2 aromatic carbocycles. The molecule has 13 nitrogen and oxygen atoms in total. The maximum atomic E-state index is 13.9. The Hall–Kier alpha value is -3.95. The Kier molecular flexibility index (Phi) is 10.1. The molecule has 47 heavy (non-hydrogen) atoms. The highest BCUT2D eigenvalue weighted by Crippen LogP contribution is 2.35. The molecule has 0 aliphatic carbocycles. The number of carbonyl (C=O) groups is 1. The predicted octanol–water partition coefficient (Wildman–Crippen LogP) is 3.71. The van der Waals surface area contributed by atoms with E-state index in [-0.39, 0.29) is 49.6 Å². The van der Waals surface area contributed by atoms with Crippen molar-refractivity contribution in [2.75, 3.05) is 33.1 Å². The molecule has 3 aliphatic heterocycles. The van der Waals surface area contributed by atoms with Crippen molar-refractivity contribution in [2.45, 2.75) is 56.1 Å². The molecule has 4 heterocycles. The van der Waals surface area contributed by atoms with Gasteiger partial charge in [0.25, 0.3) is 0 Å². The number of aromatic nitrogens is 1. The van der Waals surface area contributed by atoms with Gasteiger partial charge in [0.1, 0.15) is 17.6 Å². The van der Waals surface area contributed by atoms with Crippen LogP contribution in [0.2, 0.25) is 0 Å². The molecule has 1 aromatic heterocycles. The Morgan fingerprint density at radius 3 is 2.64 bits per heavy atom. The van der Waals surface area contributed by atoms with E-state index in [2.05, 4.69) is 10.3 Å². The zero-order valence-corrected chi connectivity index (χ0v) is 27.0. The van der Waals surface area contributed by atoms with Gasteiger partial charge in [-0.2, -0.15) is 4.31 Å². The summed E-state index contributed by atoms with van der Waals surface area (Å²) < 4.78 is 62.5. The monoisotopic (exact) mass is 669 g/mol. The number of sulfonamides is 1. The van der Waals surface area contributed by atoms with Crippen molar-refractivity contribution in [3.8, 4) is 23.0 Å². The predicted molar refractivity (Wildman–Crippen MR) is 168 cm³/mol. The second kappa shape index (κ2) is 14.4. The molecule has 2 saturated heterocycles. The number of alkyl carbamates (subject to hydrolysis) is 1. The lowest BCUT2D eigenvalue weighted by Gasteiger charge is -2.31. The molecular weight excluding hydrogens is 630 g/mol. The number of aliphatic hydroxyl groups excluding tert-OH is 1. The SMILES string of the molecule is CC(C)CN(C[C@@H](O)[C@H](Cc1ccc(Oc2cccnc2)cc1)NC(=O)O[C@H]1CO[C@H]2OCC[C@H]21)S(=O)(=O)c1ccc2c(c1)OCO2. The van der Waals surface area contributed by atoms with Gasteiger partial charge in [-0.15, -0.1) is 0 Å². The lowest BCUT2D eigenvalue weighted by Crippen LogP contribution is -2.51. The first-order chi connectivity index (χ1) is 22.7. The van der Waals surface area contributed by atoms with Gasteiger partial charge in [-0.3, -0.25) is 4.98 Å². The third kappa shape index (κ3) is 7.96. The lowest BCUT2D eigenvalue weighted by atomic mass is 10.0. The molecule has 0 spiro atoms. The summed E-state index contributed by atoms with van der Waals surface area (Å²) in [5.41, 5.74) is 0.774. The number of rotatable bonds is 13. The normalized spacial score (nSPS) is 21.4. The molecule has 0 saturated carbocycles. The van der Waals surface area contributed by atoms with Crippen LogP contribution in [-0.2, 0) is 30.7 Å². The van der Waals surface area contributed by atoms with Crippen LogP contribution in [0.1, 0.15) is 25.8 Å². The highest BCUT2D eigenvalue weighted by atomic mass is 32.2. The molecule has 2 N–H and O–H groups in total. The van der Waals surface area contributed by atoms with Crippen LogP contribution < -0.4 is 19.5 Å². The van der Waals surface area contributed by atoms with Crippen LogP contribution in [0.4, 0.5) is 4.79 Å². The Bertz CT molecular complexity index is 1620. The van der Waals surface area contributed by atoms with Crippen molar-refractivity contribution >= 4 is 16.1 Å². The van der Waals surface area contributed by atoms with Crippen LogP contribution in [0, 0.1) is 11.8 Å². The summed E-state index contributed by atoms with van der Waals surface area (Å²) in [7, 11) is -4.07. The highest BCUT2D eigenvalue weighted by Gasteiger charge is 2.44. The average molecular weight is 670 g/mol. The van der Waals surface area contributed by atoms with E-state index in [0.29, 0.717) is 36.0 Å².